The second-order valence-corrected chi connectivity index (χ2v) is 4.25. The van der Waals surface area contributed by atoms with Crippen LogP contribution in [0.25, 0.3) is 0 Å². The van der Waals surface area contributed by atoms with E-state index in [9.17, 15) is 14.7 Å². The van der Waals surface area contributed by atoms with Crippen molar-refractivity contribution in [2.45, 2.75) is 37.7 Å². The van der Waals surface area contributed by atoms with Crippen molar-refractivity contribution in [3.05, 3.63) is 0 Å². The average molecular weight is 217 g/mol. The molecule has 0 aromatic heterocycles. The van der Waals surface area contributed by atoms with Gasteiger partial charge < -0.3 is 10.4 Å². The van der Waals surface area contributed by atoms with Gasteiger partial charge in [0.25, 0.3) is 0 Å². The first-order chi connectivity index (χ1) is 6.49. The molecule has 1 heterocycles. The fourth-order valence-electron chi connectivity index (χ4n) is 1.70. The van der Waals surface area contributed by atoms with Crippen molar-refractivity contribution in [3.8, 4) is 0 Å². The van der Waals surface area contributed by atoms with Crippen LogP contribution in [0, 0.1) is 5.92 Å². The SMILES string of the molecule is CCC(S)C1NC(=O)C(C(C)=O)C1O. The summed E-state index contributed by atoms with van der Waals surface area (Å²) in [7, 11) is 0. The Morgan fingerprint density at radius 3 is 2.64 bits per heavy atom. The highest BCUT2D eigenvalue weighted by Crippen LogP contribution is 2.23. The maximum absolute atomic E-state index is 11.3. The molecule has 80 valence electrons. The molecule has 14 heavy (non-hydrogen) atoms. The highest BCUT2D eigenvalue weighted by molar-refractivity contribution is 7.81. The van der Waals surface area contributed by atoms with Gasteiger partial charge >= 0.3 is 0 Å². The fourth-order valence-corrected chi connectivity index (χ4v) is 1.96. The first-order valence-corrected chi connectivity index (χ1v) is 5.17. The van der Waals surface area contributed by atoms with Crippen molar-refractivity contribution in [3.63, 3.8) is 0 Å². The summed E-state index contributed by atoms with van der Waals surface area (Å²) in [6.45, 7) is 3.23. The second-order valence-electron chi connectivity index (χ2n) is 3.59. The van der Waals surface area contributed by atoms with E-state index in [0.29, 0.717) is 0 Å². The molecule has 1 aliphatic rings. The van der Waals surface area contributed by atoms with Crippen LogP contribution in [0.2, 0.25) is 0 Å². The zero-order valence-corrected chi connectivity index (χ0v) is 9.12. The average Bonchev–Trinajstić information content (AvgIpc) is 2.40. The summed E-state index contributed by atoms with van der Waals surface area (Å²) in [5, 5.41) is 12.2. The predicted molar refractivity (Wildman–Crippen MR) is 55.2 cm³/mol. The van der Waals surface area contributed by atoms with Gasteiger partial charge in [0, 0.05) is 5.25 Å². The molecule has 5 heteroatoms. The number of hydrogen-bond donors (Lipinski definition) is 3. The molecule has 1 saturated heterocycles. The van der Waals surface area contributed by atoms with Crippen LogP contribution in [-0.4, -0.2) is 34.2 Å². The van der Waals surface area contributed by atoms with Gasteiger partial charge in [0.05, 0.1) is 12.1 Å². The lowest BCUT2D eigenvalue weighted by Gasteiger charge is -2.20. The molecular formula is C9H15NO3S. The molecule has 0 saturated carbocycles. The van der Waals surface area contributed by atoms with E-state index in [1.165, 1.54) is 6.92 Å². The minimum atomic E-state index is -0.942. The topological polar surface area (TPSA) is 66.4 Å². The molecule has 2 N–H and O–H groups in total. The number of aliphatic hydroxyl groups is 1. The lowest BCUT2D eigenvalue weighted by Crippen LogP contribution is -2.40. The Hall–Kier alpha value is -0.550. The van der Waals surface area contributed by atoms with E-state index < -0.39 is 18.1 Å². The third-order valence-electron chi connectivity index (χ3n) is 2.57. The van der Waals surface area contributed by atoms with Crippen molar-refractivity contribution in [2.75, 3.05) is 0 Å². The van der Waals surface area contributed by atoms with Crippen molar-refractivity contribution in [1.82, 2.24) is 5.32 Å². The molecule has 4 nitrogen and oxygen atoms in total. The van der Waals surface area contributed by atoms with Crippen LogP contribution in [-0.2, 0) is 9.59 Å². The van der Waals surface area contributed by atoms with E-state index in [1.54, 1.807) is 0 Å². The van der Waals surface area contributed by atoms with Gasteiger partial charge in [0.15, 0.2) is 0 Å². The number of thiol groups is 1. The first-order valence-electron chi connectivity index (χ1n) is 4.66. The van der Waals surface area contributed by atoms with Gasteiger partial charge in [-0.15, -0.1) is 0 Å². The van der Waals surface area contributed by atoms with Crippen LogP contribution in [0.1, 0.15) is 20.3 Å². The summed E-state index contributed by atoms with van der Waals surface area (Å²) in [6, 6.07) is -0.412. The molecule has 0 spiro atoms. The number of ketones is 1. The molecular weight excluding hydrogens is 202 g/mol. The summed E-state index contributed by atoms with van der Waals surface area (Å²) in [6.07, 6.45) is -0.210. The van der Waals surface area contributed by atoms with Gasteiger partial charge in [-0.05, 0) is 13.3 Å². The third-order valence-corrected chi connectivity index (χ3v) is 3.26. The largest absolute Gasteiger partial charge is 0.390 e. The van der Waals surface area contributed by atoms with Gasteiger partial charge in [-0.1, -0.05) is 6.92 Å². The summed E-state index contributed by atoms with van der Waals surface area (Å²) in [4.78, 5) is 22.4. The number of nitrogens with one attached hydrogen (secondary N) is 1. The molecule has 0 aliphatic carbocycles. The summed E-state index contributed by atoms with van der Waals surface area (Å²) in [5.41, 5.74) is 0. The smallest absolute Gasteiger partial charge is 0.233 e. The molecule has 0 bridgehead atoms. The predicted octanol–water partition coefficient (Wildman–Crippen LogP) is -0.241. The fraction of sp³-hybridized carbons (Fsp3) is 0.778. The van der Waals surface area contributed by atoms with E-state index in [-0.39, 0.29) is 16.9 Å². The van der Waals surface area contributed by atoms with E-state index >= 15 is 0 Å². The number of hydrogen-bond acceptors (Lipinski definition) is 4. The minimum Gasteiger partial charge on any atom is -0.390 e. The standard InChI is InChI=1S/C9H15NO3S/c1-3-5(14)7-8(12)6(4(2)11)9(13)10-7/h5-8,12,14H,3H2,1-2H3,(H,10,13). The number of carbonyl (C=O) groups is 2. The van der Waals surface area contributed by atoms with Gasteiger partial charge in [-0.3, -0.25) is 9.59 Å². The minimum absolute atomic E-state index is 0.113. The summed E-state index contributed by atoms with van der Waals surface area (Å²) in [5.74, 6) is -1.60. The maximum Gasteiger partial charge on any atom is 0.233 e. The molecule has 1 aliphatic heterocycles. The monoisotopic (exact) mass is 217 g/mol. The zero-order chi connectivity index (χ0) is 10.9. The molecule has 4 unspecified atom stereocenters. The Bertz CT molecular complexity index is 256. The molecule has 0 aromatic rings. The van der Waals surface area contributed by atoms with Crippen LogP contribution in [0.4, 0.5) is 0 Å². The van der Waals surface area contributed by atoms with E-state index in [0.717, 1.165) is 6.42 Å². The Morgan fingerprint density at radius 1 is 1.71 bits per heavy atom. The molecule has 0 aromatic carbocycles. The second kappa shape index (κ2) is 4.31. The van der Waals surface area contributed by atoms with Crippen molar-refractivity contribution < 1.29 is 14.7 Å². The van der Waals surface area contributed by atoms with Crippen molar-refractivity contribution >= 4 is 24.3 Å². The number of amides is 1. The first kappa shape index (κ1) is 11.5. The van der Waals surface area contributed by atoms with E-state index in [4.69, 9.17) is 0 Å². The molecule has 1 amide bonds. The number of aliphatic hydroxyl groups excluding tert-OH is 1. The number of carbonyl (C=O) groups excluding carboxylic acids is 2. The Kier molecular flexibility index (Phi) is 3.55. The zero-order valence-electron chi connectivity index (χ0n) is 8.23. The lowest BCUT2D eigenvalue weighted by molar-refractivity contribution is -0.132. The maximum atomic E-state index is 11.3. The normalized spacial score (nSPS) is 34.0. The quantitative estimate of drug-likeness (QED) is 0.451. The van der Waals surface area contributed by atoms with Crippen molar-refractivity contribution in [1.29, 1.82) is 0 Å². The Labute approximate surface area is 88.5 Å². The lowest BCUT2D eigenvalue weighted by atomic mass is 9.95. The van der Waals surface area contributed by atoms with Crippen LogP contribution in [0.3, 0.4) is 0 Å². The molecule has 1 rings (SSSR count). The van der Waals surface area contributed by atoms with Crippen LogP contribution < -0.4 is 5.32 Å². The van der Waals surface area contributed by atoms with Crippen LogP contribution >= 0.6 is 12.6 Å². The number of Topliss-reactive ketones (excluding diaryl/α,β-unsaturated/α-hetero) is 1. The Morgan fingerprint density at radius 2 is 2.29 bits per heavy atom. The highest BCUT2D eigenvalue weighted by Gasteiger charge is 2.45. The van der Waals surface area contributed by atoms with E-state index in [1.807, 2.05) is 6.92 Å². The molecule has 1 fully saturated rings. The van der Waals surface area contributed by atoms with Crippen LogP contribution in [0.15, 0.2) is 0 Å². The van der Waals surface area contributed by atoms with Gasteiger partial charge in [-0.2, -0.15) is 12.6 Å². The van der Waals surface area contributed by atoms with Crippen LogP contribution in [0.5, 0.6) is 0 Å². The number of rotatable bonds is 3. The molecule has 4 atom stereocenters. The Balaban J connectivity index is 2.78. The summed E-state index contributed by atoms with van der Waals surface area (Å²) >= 11 is 4.25. The van der Waals surface area contributed by atoms with Gasteiger partial charge in [-0.25, -0.2) is 0 Å². The van der Waals surface area contributed by atoms with Gasteiger partial charge in [0.1, 0.15) is 11.7 Å². The highest BCUT2D eigenvalue weighted by atomic mass is 32.1. The summed E-state index contributed by atoms with van der Waals surface area (Å²) < 4.78 is 0. The van der Waals surface area contributed by atoms with E-state index in [2.05, 4.69) is 17.9 Å². The third kappa shape index (κ3) is 1.93. The van der Waals surface area contributed by atoms with Gasteiger partial charge in [0.2, 0.25) is 5.91 Å². The molecule has 0 radical (unpaired) electrons. The van der Waals surface area contributed by atoms with Crippen molar-refractivity contribution in [2.24, 2.45) is 5.92 Å².